The molecule has 2 aromatic carbocycles. The second kappa shape index (κ2) is 6.83. The Morgan fingerprint density at radius 1 is 1.10 bits per heavy atom. The van der Waals surface area contributed by atoms with Crippen LogP contribution < -0.4 is 0 Å². The van der Waals surface area contributed by atoms with Gasteiger partial charge in [-0.15, -0.1) is 11.3 Å². The van der Waals surface area contributed by atoms with Gasteiger partial charge in [0.2, 0.25) is 5.91 Å². The minimum atomic E-state index is -4.40. The standard InChI is InChI=1S/C22H19F3N2OS/c23-22(24,25)16-7-2-1-6-13(16)14-12-15(14)21(28)27-11-5-9-18(27)20-26-17-8-3-4-10-19(17)29-20/h1-4,6-8,10,14-15,18H,5,9,11-12H2. The van der Waals surface area contributed by atoms with Crippen molar-refractivity contribution in [3.05, 3.63) is 64.7 Å². The Bertz CT molecular complexity index is 1040. The Morgan fingerprint density at radius 3 is 2.66 bits per heavy atom. The van der Waals surface area contributed by atoms with E-state index >= 15 is 0 Å². The zero-order chi connectivity index (χ0) is 20.2. The number of fused-ring (bicyclic) bond motifs is 1. The van der Waals surface area contributed by atoms with E-state index in [1.165, 1.54) is 12.1 Å². The molecule has 0 radical (unpaired) electrons. The summed E-state index contributed by atoms with van der Waals surface area (Å²) >= 11 is 1.60. The van der Waals surface area contributed by atoms with Crippen LogP contribution in [0.5, 0.6) is 0 Å². The third-order valence-electron chi connectivity index (χ3n) is 5.90. The molecule has 3 nitrogen and oxygen atoms in total. The summed E-state index contributed by atoms with van der Waals surface area (Å²) in [6.45, 7) is 0.642. The molecular formula is C22H19F3N2OS. The highest BCUT2D eigenvalue weighted by Gasteiger charge is 2.50. The first-order valence-corrected chi connectivity index (χ1v) is 10.6. The number of thiazole rings is 1. The number of para-hydroxylation sites is 1. The summed E-state index contributed by atoms with van der Waals surface area (Å²) in [7, 11) is 0. The summed E-state index contributed by atoms with van der Waals surface area (Å²) in [5.74, 6) is -0.751. The van der Waals surface area contributed by atoms with Crippen LogP contribution in [0.3, 0.4) is 0 Å². The number of benzene rings is 2. The topological polar surface area (TPSA) is 33.2 Å². The van der Waals surface area contributed by atoms with Gasteiger partial charge in [0.1, 0.15) is 5.01 Å². The van der Waals surface area contributed by atoms with Crippen LogP contribution in [0, 0.1) is 5.92 Å². The highest BCUT2D eigenvalue weighted by Crippen LogP contribution is 2.53. The molecule has 5 rings (SSSR count). The van der Waals surface area contributed by atoms with E-state index in [-0.39, 0.29) is 29.3 Å². The van der Waals surface area contributed by atoms with Crippen molar-refractivity contribution in [1.29, 1.82) is 0 Å². The van der Waals surface area contributed by atoms with Gasteiger partial charge in [-0.1, -0.05) is 30.3 Å². The fraction of sp³-hybridized carbons (Fsp3) is 0.364. The van der Waals surface area contributed by atoms with Crippen molar-refractivity contribution in [3.63, 3.8) is 0 Å². The lowest BCUT2D eigenvalue weighted by molar-refractivity contribution is -0.139. The molecule has 3 aromatic rings. The molecule has 150 valence electrons. The molecule has 7 heteroatoms. The number of hydrogen-bond acceptors (Lipinski definition) is 3. The van der Waals surface area contributed by atoms with Crippen LogP contribution in [0.1, 0.15) is 47.4 Å². The molecule has 1 saturated heterocycles. The summed E-state index contributed by atoms with van der Waals surface area (Å²) in [6, 6.07) is 13.4. The highest BCUT2D eigenvalue weighted by molar-refractivity contribution is 7.18. The summed E-state index contributed by atoms with van der Waals surface area (Å²) in [6.07, 6.45) is -2.18. The third-order valence-corrected chi connectivity index (χ3v) is 7.04. The Balaban J connectivity index is 1.38. The van der Waals surface area contributed by atoms with Crippen LogP contribution in [-0.4, -0.2) is 22.3 Å². The number of aromatic nitrogens is 1. The summed E-state index contributed by atoms with van der Waals surface area (Å²) in [4.78, 5) is 19.7. The van der Waals surface area contributed by atoms with E-state index in [2.05, 4.69) is 0 Å². The summed E-state index contributed by atoms with van der Waals surface area (Å²) in [5, 5.41) is 0.921. The first-order chi connectivity index (χ1) is 13.9. The van der Waals surface area contributed by atoms with Gasteiger partial charge in [0.05, 0.1) is 21.8 Å². The largest absolute Gasteiger partial charge is 0.416 e. The normalized spacial score (nSPS) is 24.2. The fourth-order valence-corrected chi connectivity index (χ4v) is 5.54. The first kappa shape index (κ1) is 18.6. The predicted molar refractivity (Wildman–Crippen MR) is 106 cm³/mol. The first-order valence-electron chi connectivity index (χ1n) is 9.75. The van der Waals surface area contributed by atoms with Crippen LogP contribution in [0.2, 0.25) is 0 Å². The highest BCUT2D eigenvalue weighted by atomic mass is 32.1. The maximum atomic E-state index is 13.3. The van der Waals surface area contributed by atoms with Gasteiger partial charge in [0.25, 0.3) is 0 Å². The van der Waals surface area contributed by atoms with Crippen LogP contribution in [-0.2, 0) is 11.0 Å². The number of likely N-dealkylation sites (tertiary alicyclic amines) is 1. The van der Waals surface area contributed by atoms with Gasteiger partial charge >= 0.3 is 6.18 Å². The number of alkyl halides is 3. The maximum Gasteiger partial charge on any atom is 0.416 e. The third kappa shape index (κ3) is 3.31. The Morgan fingerprint density at radius 2 is 1.86 bits per heavy atom. The van der Waals surface area contributed by atoms with E-state index in [1.54, 1.807) is 17.4 Å². The Kier molecular flexibility index (Phi) is 4.38. The van der Waals surface area contributed by atoms with E-state index in [0.29, 0.717) is 13.0 Å². The monoisotopic (exact) mass is 416 g/mol. The van der Waals surface area contributed by atoms with Crippen LogP contribution in [0.15, 0.2) is 48.5 Å². The Labute approximate surface area is 170 Å². The molecule has 2 heterocycles. The van der Waals surface area contributed by atoms with E-state index in [4.69, 9.17) is 4.98 Å². The number of rotatable bonds is 3. The van der Waals surface area contributed by atoms with Crippen molar-refractivity contribution < 1.29 is 18.0 Å². The van der Waals surface area contributed by atoms with Gasteiger partial charge < -0.3 is 4.90 Å². The second-order valence-corrected chi connectivity index (χ2v) is 8.81. The van der Waals surface area contributed by atoms with Crippen molar-refractivity contribution >= 4 is 27.5 Å². The molecule has 1 aliphatic carbocycles. The zero-order valence-electron chi connectivity index (χ0n) is 15.5. The van der Waals surface area contributed by atoms with Crippen molar-refractivity contribution in [1.82, 2.24) is 9.88 Å². The van der Waals surface area contributed by atoms with Gasteiger partial charge in [0.15, 0.2) is 0 Å². The molecule has 1 amide bonds. The van der Waals surface area contributed by atoms with E-state index < -0.39 is 11.7 Å². The van der Waals surface area contributed by atoms with Crippen LogP contribution in [0.25, 0.3) is 10.2 Å². The predicted octanol–water partition coefficient (Wildman–Crippen LogP) is 5.78. The molecule has 1 aromatic heterocycles. The van der Waals surface area contributed by atoms with Gasteiger partial charge in [-0.2, -0.15) is 13.2 Å². The molecule has 3 atom stereocenters. The van der Waals surface area contributed by atoms with Crippen molar-refractivity contribution in [3.8, 4) is 0 Å². The van der Waals surface area contributed by atoms with Crippen LogP contribution >= 0.6 is 11.3 Å². The number of carbonyl (C=O) groups excluding carboxylic acids is 1. The molecule has 29 heavy (non-hydrogen) atoms. The van der Waals surface area contributed by atoms with E-state index in [9.17, 15) is 18.0 Å². The lowest BCUT2D eigenvalue weighted by atomic mass is 10.0. The molecule has 1 aliphatic heterocycles. The Hall–Kier alpha value is -2.41. The SMILES string of the molecule is O=C(C1CC1c1ccccc1C(F)(F)F)N1CCCC1c1nc2ccccc2s1. The smallest absolute Gasteiger partial charge is 0.333 e. The number of hydrogen-bond donors (Lipinski definition) is 0. The fourth-order valence-electron chi connectivity index (χ4n) is 4.42. The van der Waals surface area contributed by atoms with Gasteiger partial charge in [-0.05, 0) is 48.9 Å². The maximum absolute atomic E-state index is 13.3. The van der Waals surface area contributed by atoms with Gasteiger partial charge in [0, 0.05) is 12.5 Å². The zero-order valence-corrected chi connectivity index (χ0v) is 16.3. The summed E-state index contributed by atoms with van der Waals surface area (Å²) < 4.78 is 41.1. The average Bonchev–Trinajstić information content (AvgIpc) is 3.14. The number of nitrogens with zero attached hydrogens (tertiary/aromatic N) is 2. The lowest BCUT2D eigenvalue weighted by Crippen LogP contribution is -2.32. The number of amides is 1. The molecule has 0 N–H and O–H groups in total. The van der Waals surface area contributed by atoms with Gasteiger partial charge in [-0.25, -0.2) is 4.98 Å². The van der Waals surface area contributed by atoms with E-state index in [0.717, 1.165) is 34.1 Å². The molecule has 1 saturated carbocycles. The van der Waals surface area contributed by atoms with Crippen molar-refractivity contribution in [2.24, 2.45) is 5.92 Å². The van der Waals surface area contributed by atoms with E-state index in [1.807, 2.05) is 29.2 Å². The molecule has 2 fully saturated rings. The summed E-state index contributed by atoms with van der Waals surface area (Å²) in [5.41, 5.74) is 0.550. The molecule has 0 spiro atoms. The van der Waals surface area contributed by atoms with Crippen molar-refractivity contribution in [2.75, 3.05) is 6.54 Å². The lowest BCUT2D eigenvalue weighted by Gasteiger charge is -2.23. The minimum absolute atomic E-state index is 0.0336. The minimum Gasteiger partial charge on any atom is -0.333 e. The molecular weight excluding hydrogens is 397 g/mol. The molecule has 3 unspecified atom stereocenters. The number of halogens is 3. The molecule has 0 bridgehead atoms. The second-order valence-electron chi connectivity index (χ2n) is 7.74. The number of carbonyl (C=O) groups is 1. The van der Waals surface area contributed by atoms with Gasteiger partial charge in [-0.3, -0.25) is 4.79 Å². The quantitative estimate of drug-likeness (QED) is 0.542. The van der Waals surface area contributed by atoms with Crippen molar-refractivity contribution in [2.45, 2.75) is 37.4 Å². The average molecular weight is 416 g/mol. The van der Waals surface area contributed by atoms with Crippen LogP contribution in [0.4, 0.5) is 13.2 Å². The molecule has 2 aliphatic rings.